The fraction of sp³-hybridized carbons (Fsp3) is 0.550. The highest BCUT2D eigenvalue weighted by Crippen LogP contribution is 2.28. The number of likely N-dealkylation sites (tertiary alicyclic amines) is 1. The van der Waals surface area contributed by atoms with Crippen molar-refractivity contribution in [1.29, 1.82) is 0 Å². The van der Waals surface area contributed by atoms with Crippen LogP contribution in [0, 0.1) is 5.82 Å². The van der Waals surface area contributed by atoms with Gasteiger partial charge in [-0.3, -0.25) is 4.79 Å². The van der Waals surface area contributed by atoms with Crippen LogP contribution in [0.2, 0.25) is 0 Å². The van der Waals surface area contributed by atoms with Crippen LogP contribution in [0.15, 0.2) is 18.2 Å². The maximum Gasteiger partial charge on any atom is 0.222 e. The zero-order chi connectivity index (χ0) is 19.5. The van der Waals surface area contributed by atoms with Gasteiger partial charge in [-0.05, 0) is 37.0 Å². The monoisotopic (exact) mass is 387 g/mol. The van der Waals surface area contributed by atoms with Gasteiger partial charge >= 0.3 is 0 Å². The van der Waals surface area contributed by atoms with Gasteiger partial charge in [0.15, 0.2) is 11.6 Å². The van der Waals surface area contributed by atoms with Gasteiger partial charge in [0, 0.05) is 38.5 Å². The van der Waals surface area contributed by atoms with Crippen molar-refractivity contribution in [2.45, 2.75) is 44.7 Å². The lowest BCUT2D eigenvalue weighted by atomic mass is 9.95. The lowest BCUT2D eigenvalue weighted by Gasteiger charge is -2.32. The molecule has 1 aromatic carbocycles. The van der Waals surface area contributed by atoms with Crippen LogP contribution in [0.3, 0.4) is 0 Å². The molecule has 3 heterocycles. The number of fused-ring (bicyclic) bond motifs is 1. The van der Waals surface area contributed by atoms with Gasteiger partial charge in [0.2, 0.25) is 5.91 Å². The molecule has 7 nitrogen and oxygen atoms in total. The molecule has 0 aliphatic carbocycles. The third kappa shape index (κ3) is 3.87. The maximum absolute atomic E-state index is 13.8. The molecule has 0 saturated carbocycles. The van der Waals surface area contributed by atoms with Crippen LogP contribution in [0.1, 0.15) is 42.4 Å². The van der Waals surface area contributed by atoms with Gasteiger partial charge in [-0.2, -0.15) is 0 Å². The van der Waals surface area contributed by atoms with E-state index in [4.69, 9.17) is 4.74 Å². The van der Waals surface area contributed by atoms with Crippen LogP contribution >= 0.6 is 0 Å². The summed E-state index contributed by atoms with van der Waals surface area (Å²) < 4.78 is 21.0. The number of methoxy groups -OCH3 is 1. The molecule has 28 heavy (non-hydrogen) atoms. The molecule has 0 radical (unpaired) electrons. The average Bonchev–Trinajstić information content (AvgIpc) is 3.16. The molecule has 1 fully saturated rings. The van der Waals surface area contributed by atoms with Gasteiger partial charge in [-0.1, -0.05) is 6.07 Å². The molecular weight excluding hydrogens is 361 g/mol. The number of aromatic nitrogens is 3. The molecule has 150 valence electrons. The predicted molar refractivity (Wildman–Crippen MR) is 102 cm³/mol. The van der Waals surface area contributed by atoms with E-state index in [-0.39, 0.29) is 17.5 Å². The standard InChI is InChI=1S/C20H26FN5O2/c1-28-17-4-2-14(12-16(17)21)3-5-19(27)25-9-6-15(7-10-25)20-24-23-18-13-22-8-11-26(18)20/h2,4,12,15,22H,3,5-11,13H2,1H3. The van der Waals surface area contributed by atoms with Gasteiger partial charge in [-0.15, -0.1) is 10.2 Å². The van der Waals surface area contributed by atoms with E-state index in [1.165, 1.54) is 13.2 Å². The lowest BCUT2D eigenvalue weighted by molar-refractivity contribution is -0.132. The molecule has 0 bridgehead atoms. The van der Waals surface area contributed by atoms with E-state index >= 15 is 0 Å². The third-order valence-corrected chi connectivity index (χ3v) is 5.71. The quantitative estimate of drug-likeness (QED) is 0.848. The number of hydrogen-bond acceptors (Lipinski definition) is 5. The first-order chi connectivity index (χ1) is 13.7. The Morgan fingerprint density at radius 1 is 1.29 bits per heavy atom. The molecule has 2 aromatic rings. The fourth-order valence-corrected chi connectivity index (χ4v) is 4.08. The number of benzene rings is 1. The Kier molecular flexibility index (Phi) is 5.57. The van der Waals surface area contributed by atoms with Crippen molar-refractivity contribution in [3.8, 4) is 5.75 Å². The number of nitrogens with zero attached hydrogens (tertiary/aromatic N) is 4. The summed E-state index contributed by atoms with van der Waals surface area (Å²) in [4.78, 5) is 14.5. The molecule has 4 rings (SSSR count). The van der Waals surface area contributed by atoms with E-state index in [0.29, 0.717) is 18.8 Å². The van der Waals surface area contributed by atoms with Crippen LogP contribution in [-0.2, 0) is 24.3 Å². The van der Waals surface area contributed by atoms with Gasteiger partial charge in [0.05, 0.1) is 13.7 Å². The molecule has 8 heteroatoms. The van der Waals surface area contributed by atoms with Gasteiger partial charge in [-0.25, -0.2) is 4.39 Å². The number of carbonyl (C=O) groups excluding carboxylic acids is 1. The zero-order valence-electron chi connectivity index (χ0n) is 16.2. The Bertz CT molecular complexity index is 845. The SMILES string of the molecule is COc1ccc(CCC(=O)N2CCC(c3nnc4n3CCNC4)CC2)cc1F. The van der Waals surface area contributed by atoms with E-state index in [1.54, 1.807) is 6.07 Å². The summed E-state index contributed by atoms with van der Waals surface area (Å²) in [5.41, 5.74) is 0.810. The number of halogens is 1. The summed E-state index contributed by atoms with van der Waals surface area (Å²) in [5.74, 6) is 2.40. The van der Waals surface area contributed by atoms with Crippen LogP contribution in [0.25, 0.3) is 0 Å². The van der Waals surface area contributed by atoms with Crippen molar-refractivity contribution in [1.82, 2.24) is 25.0 Å². The molecule has 2 aliphatic heterocycles. The van der Waals surface area contributed by atoms with Crippen LogP contribution in [-0.4, -0.2) is 52.3 Å². The van der Waals surface area contributed by atoms with E-state index in [1.807, 2.05) is 11.0 Å². The van der Waals surface area contributed by atoms with Crippen molar-refractivity contribution in [3.63, 3.8) is 0 Å². The number of aryl methyl sites for hydroxylation is 1. The minimum absolute atomic E-state index is 0.127. The number of ether oxygens (including phenoxy) is 1. The van der Waals surface area contributed by atoms with E-state index in [2.05, 4.69) is 20.1 Å². The number of nitrogens with one attached hydrogen (secondary N) is 1. The number of hydrogen-bond donors (Lipinski definition) is 1. The second-order valence-electron chi connectivity index (χ2n) is 7.43. The summed E-state index contributed by atoms with van der Waals surface area (Å²) in [6.45, 7) is 4.11. The third-order valence-electron chi connectivity index (χ3n) is 5.71. The minimum Gasteiger partial charge on any atom is -0.494 e. The Hall–Kier alpha value is -2.48. The zero-order valence-corrected chi connectivity index (χ0v) is 16.2. The highest BCUT2D eigenvalue weighted by Gasteiger charge is 2.28. The first-order valence-electron chi connectivity index (χ1n) is 9.88. The highest BCUT2D eigenvalue weighted by atomic mass is 19.1. The second kappa shape index (κ2) is 8.26. The minimum atomic E-state index is -0.389. The number of amides is 1. The maximum atomic E-state index is 13.8. The summed E-state index contributed by atoms with van der Waals surface area (Å²) in [5, 5.41) is 12.0. The van der Waals surface area contributed by atoms with Crippen molar-refractivity contribution >= 4 is 5.91 Å². The van der Waals surface area contributed by atoms with Gasteiger partial charge in [0.1, 0.15) is 11.6 Å². The Balaban J connectivity index is 1.29. The van der Waals surface area contributed by atoms with Crippen molar-refractivity contribution in [3.05, 3.63) is 41.2 Å². The highest BCUT2D eigenvalue weighted by molar-refractivity contribution is 5.76. The fourth-order valence-electron chi connectivity index (χ4n) is 4.08. The van der Waals surface area contributed by atoms with Gasteiger partial charge < -0.3 is 19.5 Å². The van der Waals surface area contributed by atoms with Crippen molar-refractivity contribution < 1.29 is 13.9 Å². The van der Waals surface area contributed by atoms with E-state index < -0.39 is 0 Å². The topological polar surface area (TPSA) is 72.3 Å². The first kappa shape index (κ1) is 18.9. The van der Waals surface area contributed by atoms with Gasteiger partial charge in [0.25, 0.3) is 0 Å². The van der Waals surface area contributed by atoms with Crippen molar-refractivity contribution in [2.75, 3.05) is 26.7 Å². The van der Waals surface area contributed by atoms with Crippen LogP contribution in [0.5, 0.6) is 5.75 Å². The average molecular weight is 387 g/mol. The molecule has 0 unspecified atom stereocenters. The molecule has 0 atom stereocenters. The molecule has 1 aromatic heterocycles. The largest absolute Gasteiger partial charge is 0.494 e. The first-order valence-corrected chi connectivity index (χ1v) is 9.88. The van der Waals surface area contributed by atoms with Crippen molar-refractivity contribution in [2.24, 2.45) is 0 Å². The molecular formula is C20H26FN5O2. The molecule has 1 saturated heterocycles. The Morgan fingerprint density at radius 3 is 2.86 bits per heavy atom. The summed E-state index contributed by atoms with van der Waals surface area (Å²) >= 11 is 0. The van der Waals surface area contributed by atoms with Crippen LogP contribution < -0.4 is 10.1 Å². The lowest BCUT2D eigenvalue weighted by Crippen LogP contribution is -2.39. The number of rotatable bonds is 5. The number of piperidine rings is 1. The van der Waals surface area contributed by atoms with Crippen LogP contribution in [0.4, 0.5) is 4.39 Å². The molecule has 0 spiro atoms. The number of carbonyl (C=O) groups is 1. The predicted octanol–water partition coefficient (Wildman–Crippen LogP) is 1.87. The summed E-state index contributed by atoms with van der Waals surface area (Å²) in [6.07, 6.45) is 2.75. The molecule has 1 amide bonds. The normalized spacial score (nSPS) is 17.4. The molecule has 2 aliphatic rings. The smallest absolute Gasteiger partial charge is 0.222 e. The Labute approximate surface area is 163 Å². The Morgan fingerprint density at radius 2 is 2.11 bits per heavy atom. The van der Waals surface area contributed by atoms with E-state index in [0.717, 1.165) is 62.8 Å². The summed E-state index contributed by atoms with van der Waals surface area (Å²) in [6, 6.07) is 4.86. The molecule has 1 N–H and O–H groups in total. The van der Waals surface area contributed by atoms with E-state index in [9.17, 15) is 9.18 Å². The second-order valence-corrected chi connectivity index (χ2v) is 7.43. The summed E-state index contributed by atoms with van der Waals surface area (Å²) in [7, 11) is 1.44.